The van der Waals surface area contributed by atoms with E-state index in [0.717, 1.165) is 4.57 Å². The van der Waals surface area contributed by atoms with Crippen LogP contribution in [0.5, 0.6) is 0 Å². The SMILES string of the molecule is CCOC(=O)c1cnc(C)n1C(=O)OCC. The van der Waals surface area contributed by atoms with Crippen LogP contribution in [-0.2, 0) is 9.47 Å². The smallest absolute Gasteiger partial charge is 0.420 e. The zero-order valence-corrected chi connectivity index (χ0v) is 9.52. The first-order chi connectivity index (χ1) is 7.61. The molecule has 16 heavy (non-hydrogen) atoms. The van der Waals surface area contributed by atoms with Gasteiger partial charge in [-0.2, -0.15) is 0 Å². The third kappa shape index (κ3) is 2.39. The first-order valence-corrected chi connectivity index (χ1v) is 5.00. The van der Waals surface area contributed by atoms with Gasteiger partial charge in [0.05, 0.1) is 19.4 Å². The molecule has 0 atom stereocenters. The van der Waals surface area contributed by atoms with Crippen molar-refractivity contribution < 1.29 is 19.1 Å². The monoisotopic (exact) mass is 226 g/mol. The van der Waals surface area contributed by atoms with Crippen molar-refractivity contribution in [3.8, 4) is 0 Å². The number of hydrogen-bond acceptors (Lipinski definition) is 5. The lowest BCUT2D eigenvalue weighted by Gasteiger charge is -2.07. The lowest BCUT2D eigenvalue weighted by Crippen LogP contribution is -2.21. The lowest BCUT2D eigenvalue weighted by molar-refractivity contribution is 0.0511. The highest BCUT2D eigenvalue weighted by molar-refractivity contribution is 5.91. The van der Waals surface area contributed by atoms with E-state index in [4.69, 9.17) is 9.47 Å². The molecule has 0 saturated heterocycles. The largest absolute Gasteiger partial charge is 0.461 e. The number of aromatic nitrogens is 2. The molecule has 0 aliphatic rings. The second-order valence-corrected chi connectivity index (χ2v) is 2.95. The van der Waals surface area contributed by atoms with Crippen molar-refractivity contribution in [1.82, 2.24) is 9.55 Å². The Hall–Kier alpha value is -1.85. The van der Waals surface area contributed by atoms with Crippen LogP contribution in [0.2, 0.25) is 0 Å². The van der Waals surface area contributed by atoms with E-state index in [9.17, 15) is 9.59 Å². The fourth-order valence-electron chi connectivity index (χ4n) is 1.21. The molecule has 1 rings (SSSR count). The maximum absolute atomic E-state index is 11.5. The van der Waals surface area contributed by atoms with Crippen molar-refractivity contribution in [3.63, 3.8) is 0 Å². The summed E-state index contributed by atoms with van der Waals surface area (Å²) in [6, 6.07) is 0. The molecule has 0 spiro atoms. The van der Waals surface area contributed by atoms with Crippen molar-refractivity contribution in [2.24, 2.45) is 0 Å². The van der Waals surface area contributed by atoms with Crippen LogP contribution in [0, 0.1) is 6.92 Å². The molecule has 0 bridgehead atoms. The van der Waals surface area contributed by atoms with Crippen LogP contribution in [0.1, 0.15) is 30.2 Å². The van der Waals surface area contributed by atoms with Gasteiger partial charge in [-0.15, -0.1) is 0 Å². The molecule has 88 valence electrons. The zero-order valence-electron chi connectivity index (χ0n) is 9.52. The summed E-state index contributed by atoms with van der Waals surface area (Å²) in [5.41, 5.74) is 0.0813. The second-order valence-electron chi connectivity index (χ2n) is 2.95. The number of rotatable bonds is 3. The maximum atomic E-state index is 11.5. The highest BCUT2D eigenvalue weighted by atomic mass is 16.6. The van der Waals surface area contributed by atoms with E-state index in [2.05, 4.69) is 4.98 Å². The van der Waals surface area contributed by atoms with Gasteiger partial charge in [0.15, 0.2) is 5.69 Å². The Morgan fingerprint density at radius 2 is 1.94 bits per heavy atom. The average molecular weight is 226 g/mol. The predicted molar refractivity (Wildman–Crippen MR) is 55.3 cm³/mol. The fourth-order valence-corrected chi connectivity index (χ4v) is 1.21. The summed E-state index contributed by atoms with van der Waals surface area (Å²) in [5.74, 6) is -0.197. The third-order valence-corrected chi connectivity index (χ3v) is 1.87. The molecular weight excluding hydrogens is 212 g/mol. The highest BCUT2D eigenvalue weighted by Crippen LogP contribution is 2.07. The number of carbonyl (C=O) groups excluding carboxylic acids is 2. The minimum Gasteiger partial charge on any atom is -0.461 e. The minimum atomic E-state index is -0.624. The molecular formula is C10H14N2O4. The average Bonchev–Trinajstić information content (AvgIpc) is 2.61. The van der Waals surface area contributed by atoms with E-state index in [1.807, 2.05) is 0 Å². The van der Waals surface area contributed by atoms with E-state index in [1.165, 1.54) is 6.20 Å². The fraction of sp³-hybridized carbons (Fsp3) is 0.500. The third-order valence-electron chi connectivity index (χ3n) is 1.87. The number of carbonyl (C=O) groups is 2. The number of aryl methyl sites for hydroxylation is 1. The van der Waals surface area contributed by atoms with E-state index < -0.39 is 12.1 Å². The second kappa shape index (κ2) is 5.29. The maximum Gasteiger partial charge on any atom is 0.420 e. The normalized spacial score (nSPS) is 9.94. The molecule has 0 fully saturated rings. The van der Waals surface area contributed by atoms with Crippen molar-refractivity contribution in [1.29, 1.82) is 0 Å². The Balaban J connectivity index is 3.02. The first-order valence-electron chi connectivity index (χ1n) is 5.00. The topological polar surface area (TPSA) is 70.4 Å². The van der Waals surface area contributed by atoms with Gasteiger partial charge in [-0.3, -0.25) is 0 Å². The van der Waals surface area contributed by atoms with E-state index >= 15 is 0 Å². The first kappa shape index (κ1) is 12.2. The standard InChI is InChI=1S/C10H14N2O4/c1-4-15-9(13)8-6-11-7(3)12(8)10(14)16-5-2/h6H,4-5H2,1-3H3. The van der Waals surface area contributed by atoms with Gasteiger partial charge in [-0.25, -0.2) is 19.1 Å². The van der Waals surface area contributed by atoms with Crippen molar-refractivity contribution in [2.75, 3.05) is 13.2 Å². The Kier molecular flexibility index (Phi) is 4.04. The molecule has 1 aromatic rings. The van der Waals surface area contributed by atoms with Gasteiger partial charge >= 0.3 is 12.1 Å². The molecule has 6 heteroatoms. The summed E-state index contributed by atoms with van der Waals surface area (Å²) in [6.07, 6.45) is 0.671. The summed E-state index contributed by atoms with van der Waals surface area (Å²) in [7, 11) is 0. The lowest BCUT2D eigenvalue weighted by atomic mass is 10.4. The summed E-state index contributed by atoms with van der Waals surface area (Å²) in [6.45, 7) is 5.47. The Morgan fingerprint density at radius 1 is 1.31 bits per heavy atom. The summed E-state index contributed by atoms with van der Waals surface area (Å²) >= 11 is 0. The molecule has 0 aliphatic carbocycles. The van der Waals surface area contributed by atoms with Crippen molar-refractivity contribution >= 4 is 12.1 Å². The Morgan fingerprint density at radius 3 is 2.50 bits per heavy atom. The summed E-state index contributed by atoms with van der Waals surface area (Å²) in [5, 5.41) is 0. The molecule has 0 aromatic carbocycles. The zero-order chi connectivity index (χ0) is 12.1. The van der Waals surface area contributed by atoms with E-state index in [0.29, 0.717) is 5.82 Å². The number of esters is 1. The predicted octanol–water partition coefficient (Wildman–Crippen LogP) is 1.37. The van der Waals surface area contributed by atoms with E-state index in [1.54, 1.807) is 20.8 Å². The molecule has 1 heterocycles. The van der Waals surface area contributed by atoms with Crippen molar-refractivity contribution in [2.45, 2.75) is 20.8 Å². The van der Waals surface area contributed by atoms with Crippen molar-refractivity contribution in [3.05, 3.63) is 17.7 Å². The van der Waals surface area contributed by atoms with Gasteiger partial charge in [0.25, 0.3) is 0 Å². The van der Waals surface area contributed by atoms with Crippen LogP contribution in [0.3, 0.4) is 0 Å². The molecule has 0 radical (unpaired) electrons. The summed E-state index contributed by atoms with van der Waals surface area (Å²) in [4.78, 5) is 26.9. The van der Waals surface area contributed by atoms with Crippen LogP contribution < -0.4 is 0 Å². The number of nitrogens with zero attached hydrogens (tertiary/aromatic N) is 2. The molecule has 0 amide bonds. The molecule has 6 nitrogen and oxygen atoms in total. The van der Waals surface area contributed by atoms with Crippen LogP contribution >= 0.6 is 0 Å². The van der Waals surface area contributed by atoms with Crippen LogP contribution in [-0.4, -0.2) is 34.8 Å². The van der Waals surface area contributed by atoms with Gasteiger partial charge in [-0.1, -0.05) is 0 Å². The molecule has 0 saturated carbocycles. The van der Waals surface area contributed by atoms with Crippen LogP contribution in [0.25, 0.3) is 0 Å². The number of ether oxygens (including phenoxy) is 2. The summed E-state index contributed by atoms with van der Waals surface area (Å²) < 4.78 is 10.7. The molecule has 0 unspecified atom stereocenters. The molecule has 0 N–H and O–H groups in total. The number of imidazole rings is 1. The van der Waals surface area contributed by atoms with Crippen LogP contribution in [0.4, 0.5) is 4.79 Å². The quantitative estimate of drug-likeness (QED) is 0.728. The van der Waals surface area contributed by atoms with Gasteiger partial charge in [0.2, 0.25) is 0 Å². The molecule has 0 aliphatic heterocycles. The Labute approximate surface area is 93.2 Å². The highest BCUT2D eigenvalue weighted by Gasteiger charge is 2.21. The van der Waals surface area contributed by atoms with Crippen LogP contribution in [0.15, 0.2) is 6.20 Å². The number of hydrogen-bond donors (Lipinski definition) is 0. The van der Waals surface area contributed by atoms with Gasteiger partial charge in [-0.05, 0) is 20.8 Å². The van der Waals surface area contributed by atoms with Gasteiger partial charge in [0.1, 0.15) is 5.82 Å². The van der Waals surface area contributed by atoms with Gasteiger partial charge < -0.3 is 9.47 Å². The Bertz CT molecular complexity index is 398. The molecule has 1 aromatic heterocycles. The van der Waals surface area contributed by atoms with Gasteiger partial charge in [0, 0.05) is 0 Å². The van der Waals surface area contributed by atoms with E-state index in [-0.39, 0.29) is 18.9 Å². The minimum absolute atomic E-state index is 0.0813.